The standard InChI is InChI=1S/C23H29N3O4/c1-29-19-7-5-8-20(30-2)21(19)23(28)25-18-11-9-17(10-12-18)22(27)24-13-6-16-26-14-3-4-15-26/h5,7-12H,3-4,6,13-16H2,1-2H3,(H,24,27)(H,25,28). The fourth-order valence-corrected chi connectivity index (χ4v) is 3.59. The van der Waals surface area contributed by atoms with E-state index in [9.17, 15) is 9.59 Å². The number of benzene rings is 2. The van der Waals surface area contributed by atoms with E-state index in [1.165, 1.54) is 40.2 Å². The maximum absolute atomic E-state index is 12.7. The van der Waals surface area contributed by atoms with Crippen molar-refractivity contribution in [3.63, 3.8) is 0 Å². The summed E-state index contributed by atoms with van der Waals surface area (Å²) >= 11 is 0. The maximum Gasteiger partial charge on any atom is 0.263 e. The van der Waals surface area contributed by atoms with Crippen LogP contribution >= 0.6 is 0 Å². The molecule has 0 aromatic heterocycles. The number of carbonyl (C=O) groups excluding carboxylic acids is 2. The highest BCUT2D eigenvalue weighted by atomic mass is 16.5. The highest BCUT2D eigenvalue weighted by Crippen LogP contribution is 2.29. The SMILES string of the molecule is COc1cccc(OC)c1C(=O)Nc1ccc(C(=O)NCCCN2CCCC2)cc1. The lowest BCUT2D eigenvalue weighted by Gasteiger charge is -2.14. The molecular formula is C23H29N3O4. The number of nitrogens with zero attached hydrogens (tertiary/aromatic N) is 1. The first-order valence-corrected chi connectivity index (χ1v) is 10.3. The van der Waals surface area contributed by atoms with Gasteiger partial charge in [0.1, 0.15) is 17.1 Å². The molecule has 2 amide bonds. The first-order valence-electron chi connectivity index (χ1n) is 10.3. The zero-order chi connectivity index (χ0) is 21.3. The average molecular weight is 412 g/mol. The normalized spacial score (nSPS) is 13.7. The van der Waals surface area contributed by atoms with Gasteiger partial charge in [0.2, 0.25) is 0 Å². The predicted octanol–water partition coefficient (Wildman–Crippen LogP) is 3.17. The molecule has 1 fully saturated rings. The van der Waals surface area contributed by atoms with Gasteiger partial charge >= 0.3 is 0 Å². The van der Waals surface area contributed by atoms with Crippen LogP contribution in [0.25, 0.3) is 0 Å². The summed E-state index contributed by atoms with van der Waals surface area (Å²) < 4.78 is 10.6. The van der Waals surface area contributed by atoms with Crippen molar-refractivity contribution in [1.82, 2.24) is 10.2 Å². The minimum Gasteiger partial charge on any atom is -0.496 e. The zero-order valence-electron chi connectivity index (χ0n) is 17.6. The first-order chi connectivity index (χ1) is 14.6. The number of nitrogens with one attached hydrogen (secondary N) is 2. The van der Waals surface area contributed by atoms with Gasteiger partial charge in [0, 0.05) is 17.8 Å². The van der Waals surface area contributed by atoms with E-state index in [1.54, 1.807) is 42.5 Å². The molecule has 0 radical (unpaired) electrons. The molecule has 0 unspecified atom stereocenters. The number of hydrogen-bond acceptors (Lipinski definition) is 5. The van der Waals surface area contributed by atoms with Crippen LogP contribution in [0.1, 0.15) is 40.0 Å². The number of methoxy groups -OCH3 is 2. The lowest BCUT2D eigenvalue weighted by atomic mass is 10.1. The number of likely N-dealkylation sites (tertiary alicyclic amines) is 1. The number of amides is 2. The van der Waals surface area contributed by atoms with E-state index >= 15 is 0 Å². The molecule has 0 aliphatic carbocycles. The monoisotopic (exact) mass is 411 g/mol. The van der Waals surface area contributed by atoms with E-state index in [0.29, 0.717) is 34.9 Å². The molecular weight excluding hydrogens is 382 g/mol. The van der Waals surface area contributed by atoms with Crippen LogP contribution < -0.4 is 20.1 Å². The molecule has 0 saturated carbocycles. The molecule has 0 bridgehead atoms. The first kappa shape index (κ1) is 21.6. The predicted molar refractivity (Wildman–Crippen MR) is 117 cm³/mol. The maximum atomic E-state index is 12.7. The van der Waals surface area contributed by atoms with E-state index in [2.05, 4.69) is 15.5 Å². The third-order valence-electron chi connectivity index (χ3n) is 5.20. The van der Waals surface area contributed by atoms with Gasteiger partial charge in [0.05, 0.1) is 14.2 Å². The van der Waals surface area contributed by atoms with Gasteiger partial charge in [-0.25, -0.2) is 0 Å². The lowest BCUT2D eigenvalue weighted by molar-refractivity contribution is 0.0951. The van der Waals surface area contributed by atoms with Gasteiger partial charge in [-0.1, -0.05) is 6.07 Å². The molecule has 1 saturated heterocycles. The van der Waals surface area contributed by atoms with Crippen molar-refractivity contribution in [3.8, 4) is 11.5 Å². The van der Waals surface area contributed by atoms with Gasteiger partial charge in [-0.2, -0.15) is 0 Å². The van der Waals surface area contributed by atoms with E-state index in [-0.39, 0.29) is 11.8 Å². The summed E-state index contributed by atoms with van der Waals surface area (Å²) in [6.45, 7) is 4.02. The molecule has 30 heavy (non-hydrogen) atoms. The Labute approximate surface area is 177 Å². The summed E-state index contributed by atoms with van der Waals surface area (Å²) in [5.74, 6) is 0.401. The van der Waals surface area contributed by atoms with Gasteiger partial charge < -0.3 is 25.0 Å². The van der Waals surface area contributed by atoms with Crippen molar-refractivity contribution in [2.24, 2.45) is 0 Å². The molecule has 0 spiro atoms. The second kappa shape index (κ2) is 10.6. The Morgan fingerprint density at radius 1 is 0.933 bits per heavy atom. The fraction of sp³-hybridized carbons (Fsp3) is 0.391. The van der Waals surface area contributed by atoms with E-state index in [0.717, 1.165) is 13.0 Å². The van der Waals surface area contributed by atoms with Gasteiger partial charge in [0.15, 0.2) is 0 Å². The summed E-state index contributed by atoms with van der Waals surface area (Å²) in [5.41, 5.74) is 1.46. The molecule has 1 heterocycles. The third-order valence-corrected chi connectivity index (χ3v) is 5.20. The minimum absolute atomic E-state index is 0.110. The summed E-state index contributed by atoms with van der Waals surface area (Å²) in [6, 6.07) is 12.0. The van der Waals surface area contributed by atoms with E-state index < -0.39 is 0 Å². The second-order valence-electron chi connectivity index (χ2n) is 7.23. The van der Waals surface area contributed by atoms with E-state index in [4.69, 9.17) is 9.47 Å². The van der Waals surface area contributed by atoms with Crippen molar-refractivity contribution in [3.05, 3.63) is 53.6 Å². The van der Waals surface area contributed by atoms with Crippen molar-refractivity contribution < 1.29 is 19.1 Å². The molecule has 1 aliphatic heterocycles. The van der Waals surface area contributed by atoms with Crippen LogP contribution in [0.15, 0.2) is 42.5 Å². The van der Waals surface area contributed by atoms with Crippen molar-refractivity contribution in [2.75, 3.05) is 45.7 Å². The zero-order valence-corrected chi connectivity index (χ0v) is 17.6. The molecule has 3 rings (SSSR count). The molecule has 1 aliphatic rings. The van der Waals surface area contributed by atoms with E-state index in [1.807, 2.05) is 0 Å². The summed E-state index contributed by atoms with van der Waals surface area (Å²) in [4.78, 5) is 27.5. The van der Waals surface area contributed by atoms with Crippen LogP contribution in [0, 0.1) is 0 Å². The van der Waals surface area contributed by atoms with Crippen LogP contribution in [-0.2, 0) is 0 Å². The summed E-state index contributed by atoms with van der Waals surface area (Å²) in [5, 5.41) is 5.77. The molecule has 0 atom stereocenters. The van der Waals surface area contributed by atoms with Crippen LogP contribution in [0.2, 0.25) is 0 Å². The van der Waals surface area contributed by atoms with Crippen LogP contribution in [-0.4, -0.2) is 57.1 Å². The van der Waals surface area contributed by atoms with Crippen LogP contribution in [0.3, 0.4) is 0 Å². The number of rotatable bonds is 9. The van der Waals surface area contributed by atoms with Crippen molar-refractivity contribution in [2.45, 2.75) is 19.3 Å². The van der Waals surface area contributed by atoms with Gasteiger partial charge in [-0.3, -0.25) is 9.59 Å². The minimum atomic E-state index is -0.344. The van der Waals surface area contributed by atoms with Crippen molar-refractivity contribution in [1.29, 1.82) is 0 Å². The molecule has 2 aromatic carbocycles. The summed E-state index contributed by atoms with van der Waals surface area (Å²) in [7, 11) is 3.01. The number of hydrogen-bond donors (Lipinski definition) is 2. The molecule has 7 nitrogen and oxygen atoms in total. The van der Waals surface area contributed by atoms with Gasteiger partial charge in [-0.15, -0.1) is 0 Å². The quantitative estimate of drug-likeness (QED) is 0.620. The third kappa shape index (κ3) is 5.51. The Bertz CT molecular complexity index is 839. The molecule has 2 aromatic rings. The van der Waals surface area contributed by atoms with Crippen LogP contribution in [0.4, 0.5) is 5.69 Å². The molecule has 7 heteroatoms. The molecule has 2 N–H and O–H groups in total. The Morgan fingerprint density at radius 3 is 2.17 bits per heavy atom. The Kier molecular flexibility index (Phi) is 7.68. The highest BCUT2D eigenvalue weighted by Gasteiger charge is 2.18. The summed E-state index contributed by atoms with van der Waals surface area (Å²) in [6.07, 6.45) is 3.50. The topological polar surface area (TPSA) is 79.9 Å². The Hall–Kier alpha value is -3.06. The van der Waals surface area contributed by atoms with Gasteiger partial charge in [-0.05, 0) is 75.3 Å². The number of anilines is 1. The number of carbonyl (C=O) groups is 2. The van der Waals surface area contributed by atoms with Gasteiger partial charge in [0.25, 0.3) is 11.8 Å². The Balaban J connectivity index is 1.54. The number of ether oxygens (including phenoxy) is 2. The lowest BCUT2D eigenvalue weighted by Crippen LogP contribution is -2.28. The highest BCUT2D eigenvalue weighted by molar-refractivity contribution is 6.08. The van der Waals surface area contributed by atoms with Crippen LogP contribution in [0.5, 0.6) is 11.5 Å². The average Bonchev–Trinajstić information content (AvgIpc) is 3.30. The smallest absolute Gasteiger partial charge is 0.263 e. The Morgan fingerprint density at radius 2 is 1.57 bits per heavy atom. The molecule has 160 valence electrons. The fourth-order valence-electron chi connectivity index (χ4n) is 3.59. The largest absolute Gasteiger partial charge is 0.496 e. The second-order valence-corrected chi connectivity index (χ2v) is 7.23. The van der Waals surface area contributed by atoms with Crippen molar-refractivity contribution >= 4 is 17.5 Å².